The summed E-state index contributed by atoms with van der Waals surface area (Å²) in [5, 5.41) is 0. The van der Waals surface area contributed by atoms with Gasteiger partial charge in [0, 0.05) is 12.8 Å². The number of halogens is 2. The minimum atomic E-state index is -3.25. The van der Waals surface area contributed by atoms with E-state index < -0.39 is 11.7 Å². The molecule has 1 saturated carbocycles. The van der Waals surface area contributed by atoms with Gasteiger partial charge in [0.1, 0.15) is 0 Å². The van der Waals surface area contributed by atoms with Gasteiger partial charge in [0.05, 0.1) is 7.11 Å². The Hall–Kier alpha value is -1.26. The molecule has 0 amide bonds. The summed E-state index contributed by atoms with van der Waals surface area (Å²) in [6.07, 6.45) is 11.9. The van der Waals surface area contributed by atoms with Crippen LogP contribution in [0.5, 0.6) is 0 Å². The first-order valence-corrected chi connectivity index (χ1v) is 10.5. The van der Waals surface area contributed by atoms with Crippen molar-refractivity contribution >= 4 is 11.8 Å². The van der Waals surface area contributed by atoms with Gasteiger partial charge in [-0.15, -0.1) is 0 Å². The minimum absolute atomic E-state index is 0.157. The number of carbonyl (C=O) groups is 2. The van der Waals surface area contributed by atoms with E-state index in [0.29, 0.717) is 18.8 Å². The molecule has 3 atom stereocenters. The van der Waals surface area contributed by atoms with E-state index >= 15 is 0 Å². The Labute approximate surface area is 162 Å². The van der Waals surface area contributed by atoms with Gasteiger partial charge in [-0.05, 0) is 49.5 Å². The number of methoxy groups -OCH3 is 1. The molecule has 1 rings (SSSR count). The number of alkyl halides is 2. The maximum atomic E-state index is 14.0. The highest BCUT2D eigenvalue weighted by Gasteiger charge is 2.38. The van der Waals surface area contributed by atoms with Crippen LogP contribution in [0.25, 0.3) is 0 Å². The fraction of sp³-hybridized carbons (Fsp3) is 0.818. The molecule has 0 aromatic rings. The van der Waals surface area contributed by atoms with E-state index in [1.165, 1.54) is 7.11 Å². The molecule has 1 fully saturated rings. The molecule has 0 aromatic heterocycles. The number of esters is 1. The largest absolute Gasteiger partial charge is 0.469 e. The molecule has 156 valence electrons. The second-order valence-electron chi connectivity index (χ2n) is 8.03. The summed E-state index contributed by atoms with van der Waals surface area (Å²) in [6, 6.07) is 0. The van der Waals surface area contributed by atoms with Crippen LogP contribution in [0, 0.1) is 17.8 Å². The first-order valence-electron chi connectivity index (χ1n) is 10.5. The molecule has 3 nitrogen and oxygen atoms in total. The number of ether oxygens (including phenoxy) is 1. The van der Waals surface area contributed by atoms with E-state index in [0.717, 1.165) is 57.4 Å². The Balaban J connectivity index is 2.36. The summed E-state index contributed by atoms with van der Waals surface area (Å²) < 4.78 is 32.6. The number of carbonyl (C=O) groups excluding carboxylic acids is 2. The van der Waals surface area contributed by atoms with Crippen LogP contribution in [-0.2, 0) is 14.3 Å². The first kappa shape index (κ1) is 23.8. The van der Waals surface area contributed by atoms with Gasteiger partial charge in [0.2, 0.25) is 5.78 Å². The van der Waals surface area contributed by atoms with E-state index in [-0.39, 0.29) is 24.2 Å². The van der Waals surface area contributed by atoms with Crippen molar-refractivity contribution in [1.82, 2.24) is 0 Å². The minimum Gasteiger partial charge on any atom is -0.469 e. The van der Waals surface area contributed by atoms with Gasteiger partial charge in [-0.25, -0.2) is 0 Å². The lowest BCUT2D eigenvalue weighted by molar-refractivity contribution is -0.141. The van der Waals surface area contributed by atoms with Crippen LogP contribution in [0.3, 0.4) is 0 Å². The number of rotatable bonds is 13. The van der Waals surface area contributed by atoms with E-state index in [1.54, 1.807) is 13.0 Å². The molecular weight excluding hydrogens is 350 g/mol. The third-order valence-electron chi connectivity index (χ3n) is 5.81. The fourth-order valence-corrected chi connectivity index (χ4v) is 3.82. The molecule has 1 aliphatic carbocycles. The van der Waals surface area contributed by atoms with Gasteiger partial charge in [0.15, 0.2) is 0 Å². The van der Waals surface area contributed by atoms with Crippen LogP contribution < -0.4 is 0 Å². The number of ketones is 1. The topological polar surface area (TPSA) is 43.4 Å². The van der Waals surface area contributed by atoms with E-state index in [1.807, 2.05) is 6.92 Å². The Bertz CT molecular complexity index is 488. The van der Waals surface area contributed by atoms with Gasteiger partial charge < -0.3 is 4.74 Å². The van der Waals surface area contributed by atoms with Crippen LogP contribution in [0.15, 0.2) is 12.2 Å². The molecule has 0 spiro atoms. The Morgan fingerprint density at radius 3 is 2.56 bits per heavy atom. The molecule has 0 aliphatic heterocycles. The van der Waals surface area contributed by atoms with Gasteiger partial charge in [-0.3, -0.25) is 9.59 Å². The van der Waals surface area contributed by atoms with Crippen LogP contribution >= 0.6 is 0 Å². The molecule has 0 aromatic carbocycles. The molecule has 1 unspecified atom stereocenters. The van der Waals surface area contributed by atoms with Crippen molar-refractivity contribution in [3.8, 4) is 0 Å². The summed E-state index contributed by atoms with van der Waals surface area (Å²) in [5.74, 6) is -3.89. The van der Waals surface area contributed by atoms with Crippen molar-refractivity contribution in [1.29, 1.82) is 0 Å². The Morgan fingerprint density at radius 1 is 1.19 bits per heavy atom. The number of unbranched alkanes of at least 4 members (excludes halogenated alkanes) is 3. The summed E-state index contributed by atoms with van der Waals surface area (Å²) in [7, 11) is 1.40. The molecule has 27 heavy (non-hydrogen) atoms. The highest BCUT2D eigenvalue weighted by atomic mass is 19.3. The molecule has 0 saturated heterocycles. The van der Waals surface area contributed by atoms with E-state index in [2.05, 4.69) is 4.74 Å². The lowest BCUT2D eigenvalue weighted by Crippen LogP contribution is -2.29. The lowest BCUT2D eigenvalue weighted by Gasteiger charge is -2.18. The average Bonchev–Trinajstić information content (AvgIpc) is 3.08. The van der Waals surface area contributed by atoms with Crippen LogP contribution in [0.2, 0.25) is 0 Å². The van der Waals surface area contributed by atoms with Crippen molar-refractivity contribution in [2.75, 3.05) is 7.11 Å². The quantitative estimate of drug-likeness (QED) is 0.218. The molecule has 0 N–H and O–H groups in total. The van der Waals surface area contributed by atoms with Crippen molar-refractivity contribution < 1.29 is 23.1 Å². The second kappa shape index (κ2) is 12.2. The number of allylic oxidation sites excluding steroid dienone is 2. The van der Waals surface area contributed by atoms with Gasteiger partial charge in [-0.2, -0.15) is 8.78 Å². The van der Waals surface area contributed by atoms with E-state index in [9.17, 15) is 18.4 Å². The highest BCUT2D eigenvalue weighted by Crippen LogP contribution is 2.37. The Kier molecular flexibility index (Phi) is 10.8. The van der Waals surface area contributed by atoms with E-state index in [4.69, 9.17) is 0 Å². The second-order valence-corrected chi connectivity index (χ2v) is 8.03. The predicted molar refractivity (Wildman–Crippen MR) is 104 cm³/mol. The maximum Gasteiger partial charge on any atom is 0.309 e. The maximum absolute atomic E-state index is 14.0. The molecule has 0 radical (unpaired) electrons. The number of hydrogen-bond donors (Lipinski definition) is 0. The highest BCUT2D eigenvalue weighted by molar-refractivity contribution is 5.95. The zero-order valence-corrected chi connectivity index (χ0v) is 17.1. The normalized spacial score (nSPS) is 21.5. The zero-order chi connectivity index (χ0) is 20.3. The van der Waals surface area contributed by atoms with Crippen LogP contribution in [-0.4, -0.2) is 24.8 Å². The van der Waals surface area contributed by atoms with Gasteiger partial charge in [0.25, 0.3) is 0 Å². The van der Waals surface area contributed by atoms with Gasteiger partial charge in [-0.1, -0.05) is 52.0 Å². The van der Waals surface area contributed by atoms with Crippen LogP contribution in [0.1, 0.15) is 84.5 Å². The SMILES string of the molecule is CC[C@H](C)CC(F)(F)C(=O)/C=C/[C@H]1CCCC1CCCCCCC(=O)OC. The standard InChI is InChI=1S/C22H36F2O3/c1-4-17(2)16-22(23,24)20(25)15-14-19-12-9-11-18(19)10-7-5-6-8-13-21(26)27-3/h14-15,17-19H,4-13,16H2,1-3H3/b15-14+/t17-,18?,19+/m0/s1. The monoisotopic (exact) mass is 386 g/mol. The molecular formula is C22H36F2O3. The summed E-state index contributed by atoms with van der Waals surface area (Å²) in [4.78, 5) is 23.0. The Morgan fingerprint density at radius 2 is 1.89 bits per heavy atom. The summed E-state index contributed by atoms with van der Waals surface area (Å²) in [6.45, 7) is 3.61. The van der Waals surface area contributed by atoms with Crippen molar-refractivity contribution in [2.24, 2.45) is 17.8 Å². The van der Waals surface area contributed by atoms with Crippen LogP contribution in [0.4, 0.5) is 8.78 Å². The average molecular weight is 387 g/mol. The van der Waals surface area contributed by atoms with Crippen molar-refractivity contribution in [3.63, 3.8) is 0 Å². The third-order valence-corrected chi connectivity index (χ3v) is 5.81. The first-order chi connectivity index (χ1) is 12.8. The molecule has 1 aliphatic rings. The summed E-state index contributed by atoms with van der Waals surface area (Å²) >= 11 is 0. The summed E-state index contributed by atoms with van der Waals surface area (Å²) in [5.41, 5.74) is 0. The smallest absolute Gasteiger partial charge is 0.309 e. The third kappa shape index (κ3) is 8.98. The number of hydrogen-bond acceptors (Lipinski definition) is 3. The predicted octanol–water partition coefficient (Wildman–Crippen LogP) is 6.11. The molecule has 0 heterocycles. The molecule has 0 bridgehead atoms. The lowest BCUT2D eigenvalue weighted by atomic mass is 9.89. The molecule has 5 heteroatoms. The fourth-order valence-electron chi connectivity index (χ4n) is 3.82. The zero-order valence-electron chi connectivity index (χ0n) is 17.1. The van der Waals surface area contributed by atoms with Crippen molar-refractivity contribution in [2.45, 2.75) is 90.4 Å². The van der Waals surface area contributed by atoms with Crippen molar-refractivity contribution in [3.05, 3.63) is 12.2 Å². The van der Waals surface area contributed by atoms with Gasteiger partial charge >= 0.3 is 11.9 Å².